The topological polar surface area (TPSA) is 54.9 Å². The molecule has 0 atom stereocenters. The van der Waals surface area contributed by atoms with Crippen molar-refractivity contribution >= 4 is 33.7 Å². The summed E-state index contributed by atoms with van der Waals surface area (Å²) >= 11 is 2.67. The van der Waals surface area contributed by atoms with Crippen LogP contribution < -0.4 is 5.32 Å². The van der Waals surface area contributed by atoms with Gasteiger partial charge in [0.2, 0.25) is 5.91 Å². The van der Waals surface area contributed by atoms with Crippen molar-refractivity contribution in [1.29, 1.82) is 0 Å². The molecular formula is C21H15F2N3OS2. The Morgan fingerprint density at radius 1 is 1.00 bits per heavy atom. The summed E-state index contributed by atoms with van der Waals surface area (Å²) in [6, 6.07) is 13.2. The number of nitrogens with zero attached hydrogens (tertiary/aromatic N) is 2. The lowest BCUT2D eigenvalue weighted by molar-refractivity contribution is -0.115. The largest absolute Gasteiger partial charge is 0.302 e. The fourth-order valence-electron chi connectivity index (χ4n) is 2.76. The molecule has 2 aromatic heterocycles. The van der Waals surface area contributed by atoms with Crippen molar-refractivity contribution < 1.29 is 13.6 Å². The second-order valence-electron chi connectivity index (χ2n) is 6.28. The van der Waals surface area contributed by atoms with E-state index in [1.807, 2.05) is 35.7 Å². The SMILES string of the molecule is O=C(Cc1csc(Cc2ccccc2)n1)Nc1nc(-c2cc(F)ccc2F)cs1. The second-order valence-corrected chi connectivity index (χ2v) is 8.08. The lowest BCUT2D eigenvalue weighted by atomic mass is 10.1. The van der Waals surface area contributed by atoms with Crippen LogP contribution in [0, 0.1) is 11.6 Å². The van der Waals surface area contributed by atoms with E-state index in [0.29, 0.717) is 10.8 Å². The molecule has 0 bridgehead atoms. The molecule has 29 heavy (non-hydrogen) atoms. The van der Waals surface area contributed by atoms with Crippen molar-refractivity contribution in [2.75, 3.05) is 5.32 Å². The van der Waals surface area contributed by atoms with E-state index < -0.39 is 11.6 Å². The van der Waals surface area contributed by atoms with Crippen molar-refractivity contribution in [3.63, 3.8) is 0 Å². The van der Waals surface area contributed by atoms with Gasteiger partial charge < -0.3 is 5.32 Å². The van der Waals surface area contributed by atoms with Gasteiger partial charge in [0.25, 0.3) is 0 Å². The zero-order chi connectivity index (χ0) is 20.2. The van der Waals surface area contributed by atoms with E-state index in [4.69, 9.17) is 0 Å². The number of anilines is 1. The van der Waals surface area contributed by atoms with Gasteiger partial charge in [-0.25, -0.2) is 18.7 Å². The van der Waals surface area contributed by atoms with Gasteiger partial charge in [-0.2, -0.15) is 0 Å². The highest BCUT2D eigenvalue weighted by molar-refractivity contribution is 7.14. The van der Waals surface area contributed by atoms with Crippen LogP contribution in [0.1, 0.15) is 16.3 Å². The molecule has 8 heteroatoms. The Balaban J connectivity index is 1.38. The number of hydrogen-bond acceptors (Lipinski definition) is 5. The lowest BCUT2D eigenvalue weighted by Gasteiger charge is -2.01. The van der Waals surface area contributed by atoms with Gasteiger partial charge in [-0.15, -0.1) is 22.7 Å². The third-order valence-electron chi connectivity index (χ3n) is 4.09. The van der Waals surface area contributed by atoms with Crippen LogP contribution in [0.3, 0.4) is 0 Å². The van der Waals surface area contributed by atoms with Gasteiger partial charge in [0.05, 0.1) is 22.8 Å². The molecule has 146 valence electrons. The molecule has 0 aliphatic heterocycles. The number of carbonyl (C=O) groups is 1. The molecule has 2 aromatic carbocycles. The predicted octanol–water partition coefficient (Wildman–Crippen LogP) is 5.32. The maximum Gasteiger partial charge on any atom is 0.232 e. The summed E-state index contributed by atoms with van der Waals surface area (Å²) in [4.78, 5) is 21.0. The van der Waals surface area contributed by atoms with E-state index in [2.05, 4.69) is 15.3 Å². The second kappa shape index (κ2) is 8.59. The number of halogens is 2. The Kier molecular flexibility index (Phi) is 5.73. The summed E-state index contributed by atoms with van der Waals surface area (Å²) in [5, 5.41) is 7.41. The lowest BCUT2D eigenvalue weighted by Crippen LogP contribution is -2.14. The number of rotatable bonds is 6. The minimum atomic E-state index is -0.567. The summed E-state index contributed by atoms with van der Waals surface area (Å²) in [5.41, 5.74) is 2.19. The standard InChI is InChI=1S/C21H15F2N3OS2/c22-14-6-7-17(23)16(9-14)18-12-29-21(25-18)26-19(27)10-15-11-28-20(24-15)8-13-4-2-1-3-5-13/h1-7,9,11-12H,8,10H2,(H,25,26,27). The van der Waals surface area contributed by atoms with Crippen molar-refractivity contribution in [2.24, 2.45) is 0 Å². The first kappa shape index (κ1) is 19.4. The van der Waals surface area contributed by atoms with Crippen molar-refractivity contribution in [2.45, 2.75) is 12.8 Å². The van der Waals surface area contributed by atoms with E-state index in [9.17, 15) is 13.6 Å². The van der Waals surface area contributed by atoms with Crippen LogP contribution in [-0.4, -0.2) is 15.9 Å². The van der Waals surface area contributed by atoms with Crippen LogP contribution in [0.25, 0.3) is 11.3 Å². The van der Waals surface area contributed by atoms with Crippen LogP contribution >= 0.6 is 22.7 Å². The zero-order valence-electron chi connectivity index (χ0n) is 15.1. The maximum atomic E-state index is 13.9. The van der Waals surface area contributed by atoms with Crippen LogP contribution in [0.4, 0.5) is 13.9 Å². The summed E-state index contributed by atoms with van der Waals surface area (Å²) in [6.07, 6.45) is 0.844. The Morgan fingerprint density at radius 2 is 1.83 bits per heavy atom. The van der Waals surface area contributed by atoms with Crippen molar-refractivity contribution in [1.82, 2.24) is 9.97 Å². The average molecular weight is 428 g/mol. The normalized spacial score (nSPS) is 10.8. The molecule has 0 fully saturated rings. The maximum absolute atomic E-state index is 13.9. The first-order chi connectivity index (χ1) is 14.1. The van der Waals surface area contributed by atoms with E-state index in [1.54, 1.807) is 5.38 Å². The van der Waals surface area contributed by atoms with Gasteiger partial charge in [-0.05, 0) is 23.8 Å². The number of hydrogen-bond donors (Lipinski definition) is 1. The van der Waals surface area contributed by atoms with E-state index in [0.717, 1.165) is 46.5 Å². The molecule has 0 radical (unpaired) electrons. The first-order valence-electron chi connectivity index (χ1n) is 8.75. The van der Waals surface area contributed by atoms with E-state index in [-0.39, 0.29) is 23.6 Å². The van der Waals surface area contributed by atoms with Crippen molar-refractivity contribution in [3.05, 3.63) is 87.2 Å². The highest BCUT2D eigenvalue weighted by atomic mass is 32.1. The number of aromatic nitrogens is 2. The highest BCUT2D eigenvalue weighted by Gasteiger charge is 2.14. The average Bonchev–Trinajstić information content (AvgIpc) is 3.34. The number of nitrogens with one attached hydrogen (secondary N) is 1. The number of thiazole rings is 2. The van der Waals surface area contributed by atoms with Gasteiger partial charge in [0.15, 0.2) is 5.13 Å². The van der Waals surface area contributed by atoms with Gasteiger partial charge >= 0.3 is 0 Å². The minimum absolute atomic E-state index is 0.0619. The molecule has 0 unspecified atom stereocenters. The van der Waals surface area contributed by atoms with E-state index >= 15 is 0 Å². The summed E-state index contributed by atoms with van der Waals surface area (Å²) in [6.45, 7) is 0. The number of carbonyl (C=O) groups excluding carboxylic acids is 1. The van der Waals surface area contributed by atoms with Crippen molar-refractivity contribution in [3.8, 4) is 11.3 Å². The van der Waals surface area contributed by atoms with E-state index in [1.165, 1.54) is 11.3 Å². The third kappa shape index (κ3) is 4.90. The molecule has 2 heterocycles. The van der Waals surface area contributed by atoms with Gasteiger partial charge in [-0.1, -0.05) is 30.3 Å². The monoisotopic (exact) mass is 427 g/mol. The molecule has 1 amide bonds. The smallest absolute Gasteiger partial charge is 0.232 e. The summed E-state index contributed by atoms with van der Waals surface area (Å²) in [5.74, 6) is -1.38. The summed E-state index contributed by atoms with van der Waals surface area (Å²) in [7, 11) is 0. The summed E-state index contributed by atoms with van der Waals surface area (Å²) < 4.78 is 27.2. The first-order valence-corrected chi connectivity index (χ1v) is 10.5. The quantitative estimate of drug-likeness (QED) is 0.453. The number of benzene rings is 2. The number of amides is 1. The fourth-order valence-corrected chi connectivity index (χ4v) is 4.31. The fraction of sp³-hybridized carbons (Fsp3) is 0.0952. The molecule has 4 nitrogen and oxygen atoms in total. The molecule has 0 saturated carbocycles. The molecular weight excluding hydrogens is 412 g/mol. The predicted molar refractivity (Wildman–Crippen MR) is 111 cm³/mol. The third-order valence-corrected chi connectivity index (χ3v) is 5.75. The van der Waals surface area contributed by atoms with Gasteiger partial charge in [0.1, 0.15) is 11.6 Å². The Hall–Kier alpha value is -2.97. The Labute approximate surface area is 173 Å². The highest BCUT2D eigenvalue weighted by Crippen LogP contribution is 2.27. The minimum Gasteiger partial charge on any atom is -0.302 e. The zero-order valence-corrected chi connectivity index (χ0v) is 16.7. The molecule has 4 aromatic rings. The molecule has 0 aliphatic rings. The molecule has 0 aliphatic carbocycles. The van der Waals surface area contributed by atoms with Gasteiger partial charge in [0, 0.05) is 22.7 Å². The van der Waals surface area contributed by atoms with Gasteiger partial charge in [-0.3, -0.25) is 4.79 Å². The van der Waals surface area contributed by atoms with Crippen LogP contribution in [-0.2, 0) is 17.6 Å². The van der Waals surface area contributed by atoms with Crippen LogP contribution in [0.5, 0.6) is 0 Å². The molecule has 4 rings (SSSR count). The molecule has 0 spiro atoms. The molecule has 1 N–H and O–H groups in total. The Morgan fingerprint density at radius 3 is 2.66 bits per heavy atom. The van der Waals surface area contributed by atoms with Crippen LogP contribution in [0.15, 0.2) is 59.3 Å². The molecule has 0 saturated heterocycles. The van der Waals surface area contributed by atoms with Crippen LogP contribution in [0.2, 0.25) is 0 Å². The Bertz CT molecular complexity index is 1140.